The Labute approximate surface area is 127 Å². The number of carbonyl (C=O) groups is 1. The number of morpholine rings is 1. The number of thiophene rings is 1. The highest BCUT2D eigenvalue weighted by Crippen LogP contribution is 2.26. The summed E-state index contributed by atoms with van der Waals surface area (Å²) in [6.45, 7) is 5.74. The number of carbonyl (C=O) groups excluding carboxylic acids is 1. The largest absolute Gasteiger partial charge is 0.440 e. The number of hydrogen-bond acceptors (Lipinski definition) is 5. The van der Waals surface area contributed by atoms with Crippen LogP contribution in [0.3, 0.4) is 0 Å². The highest BCUT2D eigenvalue weighted by molar-refractivity contribution is 7.13. The minimum atomic E-state index is 0.0827. The van der Waals surface area contributed by atoms with Crippen LogP contribution in [0.5, 0.6) is 0 Å². The number of nitrogens with zero attached hydrogens (tertiary/aromatic N) is 2. The Bertz CT molecular complexity index is 621. The number of rotatable bonds is 3. The van der Waals surface area contributed by atoms with E-state index in [1.54, 1.807) is 11.3 Å². The lowest BCUT2D eigenvalue weighted by atomic mass is 10.2. The molecule has 1 fully saturated rings. The fraction of sp³-hybridized carbons (Fsp3) is 0.467. The predicted octanol–water partition coefficient (Wildman–Crippen LogP) is 2.50. The quantitative estimate of drug-likeness (QED) is 0.874. The van der Waals surface area contributed by atoms with E-state index in [-0.39, 0.29) is 18.4 Å². The second kappa shape index (κ2) is 5.99. The molecule has 112 valence electrons. The van der Waals surface area contributed by atoms with Gasteiger partial charge >= 0.3 is 0 Å². The smallest absolute Gasteiger partial charge is 0.236 e. The topological polar surface area (TPSA) is 55.6 Å². The average molecular weight is 306 g/mol. The van der Waals surface area contributed by atoms with E-state index >= 15 is 0 Å². The van der Waals surface area contributed by atoms with E-state index in [1.165, 1.54) is 0 Å². The van der Waals surface area contributed by atoms with Crippen LogP contribution in [0.2, 0.25) is 0 Å². The highest BCUT2D eigenvalue weighted by atomic mass is 32.1. The lowest BCUT2D eigenvalue weighted by Crippen LogP contribution is -2.45. The average Bonchev–Trinajstić information content (AvgIpc) is 3.09. The maximum atomic E-state index is 12.4. The maximum Gasteiger partial charge on any atom is 0.236 e. The molecule has 0 bridgehead atoms. The molecule has 0 saturated carbocycles. The highest BCUT2D eigenvalue weighted by Gasteiger charge is 2.23. The fourth-order valence-corrected chi connectivity index (χ4v) is 3.05. The molecule has 3 rings (SSSR count). The summed E-state index contributed by atoms with van der Waals surface area (Å²) < 4.78 is 11.1. The van der Waals surface area contributed by atoms with Gasteiger partial charge in [0.05, 0.1) is 29.7 Å². The number of aryl methyl sites for hydroxylation is 1. The molecule has 0 aromatic carbocycles. The van der Waals surface area contributed by atoms with Gasteiger partial charge in [-0.15, -0.1) is 11.3 Å². The summed E-state index contributed by atoms with van der Waals surface area (Å²) in [7, 11) is 0. The van der Waals surface area contributed by atoms with E-state index in [1.807, 2.05) is 36.3 Å². The molecule has 0 spiro atoms. The van der Waals surface area contributed by atoms with Crippen LogP contribution < -0.4 is 0 Å². The van der Waals surface area contributed by atoms with Crippen molar-refractivity contribution >= 4 is 17.2 Å². The van der Waals surface area contributed by atoms with Crippen molar-refractivity contribution in [2.24, 2.45) is 0 Å². The summed E-state index contributed by atoms with van der Waals surface area (Å²) in [5, 5.41) is 1.98. The standard InChI is InChI=1S/C15H18N2O3S/c1-10-9-17(5-6-19-10)14(18)8-12-11(2)20-15(16-12)13-4-3-7-21-13/h3-4,7,10H,5-6,8-9H2,1-2H3/t10-/m0/s1. The molecular formula is C15H18N2O3S. The molecular weight excluding hydrogens is 288 g/mol. The maximum absolute atomic E-state index is 12.4. The van der Waals surface area contributed by atoms with Crippen molar-refractivity contribution in [3.8, 4) is 10.8 Å². The van der Waals surface area contributed by atoms with Gasteiger partial charge in [-0.2, -0.15) is 0 Å². The Balaban J connectivity index is 1.71. The minimum Gasteiger partial charge on any atom is -0.440 e. The van der Waals surface area contributed by atoms with Crippen LogP contribution in [0.15, 0.2) is 21.9 Å². The summed E-state index contributed by atoms with van der Waals surface area (Å²) in [5.41, 5.74) is 0.725. The fourth-order valence-electron chi connectivity index (χ4n) is 2.40. The Kier molecular flexibility index (Phi) is 4.07. The molecule has 0 radical (unpaired) electrons. The summed E-state index contributed by atoms with van der Waals surface area (Å²) in [6.07, 6.45) is 0.385. The molecule has 1 atom stereocenters. The molecule has 6 heteroatoms. The normalized spacial score (nSPS) is 19.0. The molecule has 0 unspecified atom stereocenters. The molecule has 21 heavy (non-hydrogen) atoms. The number of ether oxygens (including phenoxy) is 1. The summed E-state index contributed by atoms with van der Waals surface area (Å²) in [4.78, 5) is 19.6. The first kappa shape index (κ1) is 14.3. The molecule has 3 heterocycles. The van der Waals surface area contributed by atoms with Crippen molar-refractivity contribution in [2.75, 3.05) is 19.7 Å². The Morgan fingerprint density at radius 2 is 2.43 bits per heavy atom. The molecule has 2 aromatic heterocycles. The van der Waals surface area contributed by atoms with Crippen LogP contribution in [0.4, 0.5) is 0 Å². The summed E-state index contributed by atoms with van der Waals surface area (Å²) >= 11 is 1.58. The van der Waals surface area contributed by atoms with E-state index in [0.29, 0.717) is 31.3 Å². The first-order valence-electron chi connectivity index (χ1n) is 7.03. The Morgan fingerprint density at radius 3 is 3.14 bits per heavy atom. The van der Waals surface area contributed by atoms with Gasteiger partial charge in [-0.25, -0.2) is 4.98 Å². The lowest BCUT2D eigenvalue weighted by molar-refractivity contribution is -0.137. The molecule has 5 nitrogen and oxygen atoms in total. The molecule has 2 aromatic rings. The Morgan fingerprint density at radius 1 is 1.57 bits per heavy atom. The zero-order chi connectivity index (χ0) is 14.8. The molecule has 1 saturated heterocycles. The second-order valence-electron chi connectivity index (χ2n) is 5.20. The first-order chi connectivity index (χ1) is 10.1. The van der Waals surface area contributed by atoms with Gasteiger partial charge in [0.25, 0.3) is 0 Å². The van der Waals surface area contributed by atoms with Gasteiger partial charge < -0.3 is 14.1 Å². The monoisotopic (exact) mass is 306 g/mol. The zero-order valence-electron chi connectivity index (χ0n) is 12.2. The number of amides is 1. The van der Waals surface area contributed by atoms with Crippen molar-refractivity contribution in [3.05, 3.63) is 29.0 Å². The zero-order valence-corrected chi connectivity index (χ0v) is 13.0. The van der Waals surface area contributed by atoms with Crippen LogP contribution in [0.25, 0.3) is 10.8 Å². The molecule has 1 aliphatic rings. The summed E-state index contributed by atoms with van der Waals surface area (Å²) in [6, 6.07) is 3.92. The van der Waals surface area contributed by atoms with Crippen molar-refractivity contribution in [1.82, 2.24) is 9.88 Å². The van der Waals surface area contributed by atoms with Gasteiger partial charge in [0.1, 0.15) is 5.76 Å². The van der Waals surface area contributed by atoms with E-state index in [9.17, 15) is 4.79 Å². The van der Waals surface area contributed by atoms with Gasteiger partial charge in [0.15, 0.2) is 0 Å². The van der Waals surface area contributed by atoms with Crippen molar-refractivity contribution in [3.63, 3.8) is 0 Å². The molecule has 0 N–H and O–H groups in total. The van der Waals surface area contributed by atoms with E-state index in [4.69, 9.17) is 9.15 Å². The SMILES string of the molecule is Cc1oc(-c2cccs2)nc1CC(=O)N1CCO[C@@H](C)C1. The van der Waals surface area contributed by atoms with Gasteiger partial charge in [-0.1, -0.05) is 6.07 Å². The van der Waals surface area contributed by atoms with Crippen LogP contribution in [0.1, 0.15) is 18.4 Å². The first-order valence-corrected chi connectivity index (χ1v) is 7.91. The van der Waals surface area contributed by atoms with Crippen LogP contribution in [0, 0.1) is 6.92 Å². The molecule has 1 amide bonds. The lowest BCUT2D eigenvalue weighted by Gasteiger charge is -2.31. The predicted molar refractivity (Wildman–Crippen MR) is 80.3 cm³/mol. The van der Waals surface area contributed by atoms with Gasteiger partial charge in [0, 0.05) is 13.1 Å². The number of hydrogen-bond donors (Lipinski definition) is 0. The summed E-state index contributed by atoms with van der Waals surface area (Å²) in [5.74, 6) is 1.40. The minimum absolute atomic E-state index is 0.0827. The number of aromatic nitrogens is 1. The van der Waals surface area contributed by atoms with Crippen molar-refractivity contribution in [2.45, 2.75) is 26.4 Å². The van der Waals surface area contributed by atoms with E-state index in [2.05, 4.69) is 4.98 Å². The van der Waals surface area contributed by atoms with Gasteiger partial charge in [-0.05, 0) is 25.3 Å². The van der Waals surface area contributed by atoms with Crippen LogP contribution >= 0.6 is 11.3 Å². The van der Waals surface area contributed by atoms with Crippen LogP contribution in [-0.2, 0) is 16.0 Å². The third-order valence-electron chi connectivity index (χ3n) is 3.54. The molecule has 0 aliphatic carbocycles. The Hall–Kier alpha value is -1.66. The second-order valence-corrected chi connectivity index (χ2v) is 6.14. The van der Waals surface area contributed by atoms with Crippen LogP contribution in [-0.4, -0.2) is 41.6 Å². The van der Waals surface area contributed by atoms with E-state index in [0.717, 1.165) is 10.6 Å². The van der Waals surface area contributed by atoms with Crippen molar-refractivity contribution < 1.29 is 13.9 Å². The third kappa shape index (κ3) is 3.16. The third-order valence-corrected chi connectivity index (χ3v) is 4.39. The number of oxazole rings is 1. The van der Waals surface area contributed by atoms with Gasteiger partial charge in [0.2, 0.25) is 11.8 Å². The van der Waals surface area contributed by atoms with Gasteiger partial charge in [-0.3, -0.25) is 4.79 Å². The molecule has 1 aliphatic heterocycles. The van der Waals surface area contributed by atoms with Crippen molar-refractivity contribution in [1.29, 1.82) is 0 Å². The van der Waals surface area contributed by atoms with E-state index < -0.39 is 0 Å².